The van der Waals surface area contributed by atoms with Crippen LogP contribution in [0.5, 0.6) is 0 Å². The fourth-order valence-corrected chi connectivity index (χ4v) is 6.53. The lowest BCUT2D eigenvalue weighted by Crippen LogP contribution is -2.38. The molecule has 0 saturated carbocycles. The summed E-state index contributed by atoms with van der Waals surface area (Å²) in [5.74, 6) is -1.91. The van der Waals surface area contributed by atoms with Gasteiger partial charge in [0.2, 0.25) is 0 Å². The van der Waals surface area contributed by atoms with E-state index in [0.29, 0.717) is 50.9 Å². The van der Waals surface area contributed by atoms with Crippen molar-refractivity contribution in [3.8, 4) is 6.07 Å². The molecule has 0 radical (unpaired) electrons. The molecule has 1 fully saturated rings. The van der Waals surface area contributed by atoms with Gasteiger partial charge in [-0.15, -0.1) is 0 Å². The van der Waals surface area contributed by atoms with Crippen molar-refractivity contribution < 1.29 is 38.1 Å². The number of nitrogens with one attached hydrogen (secondary N) is 1. The molecule has 1 aliphatic heterocycles. The number of esters is 2. The monoisotopic (exact) mass is 790 g/mol. The standard InChI is InChI=1S/C45H66N4O8/c1-42(2,3)54-38(50)32(17-15-22-48(13)40(52)56-44(7,8)9)24-30-16-14-18-35(26-30)47-37-20-19-31(28-46)25-34(37)27-36(39(51)55-43(4,5)6)33-21-23-49(29-33)41(53)57-45(10,11)12/h14,16,18-20,25-26,32-33,36,47H,15,17,21-24,27,29H2,1-13H3. The van der Waals surface area contributed by atoms with Crippen LogP contribution in [0.1, 0.15) is 119 Å². The number of ether oxygens (including phenoxy) is 4. The minimum atomic E-state index is -0.722. The van der Waals surface area contributed by atoms with Crippen LogP contribution in [0.4, 0.5) is 21.0 Å². The highest BCUT2D eigenvalue weighted by molar-refractivity contribution is 5.76. The van der Waals surface area contributed by atoms with Crippen LogP contribution < -0.4 is 5.32 Å². The number of carbonyl (C=O) groups is 4. The van der Waals surface area contributed by atoms with Gasteiger partial charge in [0.25, 0.3) is 0 Å². The van der Waals surface area contributed by atoms with E-state index in [0.717, 1.165) is 22.5 Å². The molecule has 2 aromatic rings. The summed E-state index contributed by atoms with van der Waals surface area (Å²) in [4.78, 5) is 56.0. The summed E-state index contributed by atoms with van der Waals surface area (Å²) in [6.45, 7) is 23.2. The maximum Gasteiger partial charge on any atom is 0.410 e. The first-order valence-electron chi connectivity index (χ1n) is 20.0. The third-order valence-electron chi connectivity index (χ3n) is 9.01. The highest BCUT2D eigenvalue weighted by Gasteiger charge is 2.39. The van der Waals surface area contributed by atoms with Gasteiger partial charge in [-0.25, -0.2) is 9.59 Å². The van der Waals surface area contributed by atoms with Crippen molar-refractivity contribution in [1.29, 1.82) is 5.26 Å². The van der Waals surface area contributed by atoms with Crippen LogP contribution in [-0.4, -0.2) is 83.0 Å². The Bertz CT molecular complexity index is 1760. The molecule has 2 aromatic carbocycles. The molecule has 2 amide bonds. The Morgan fingerprint density at radius 2 is 1.44 bits per heavy atom. The number of amides is 2. The second-order valence-electron chi connectivity index (χ2n) is 19.1. The van der Waals surface area contributed by atoms with E-state index < -0.39 is 46.4 Å². The van der Waals surface area contributed by atoms with E-state index in [1.165, 1.54) is 4.90 Å². The average Bonchev–Trinajstić information content (AvgIpc) is 3.54. The first-order chi connectivity index (χ1) is 26.2. The van der Waals surface area contributed by atoms with E-state index in [9.17, 15) is 24.4 Å². The molecule has 1 aliphatic rings. The van der Waals surface area contributed by atoms with E-state index in [4.69, 9.17) is 18.9 Å². The Kier molecular flexibility index (Phi) is 15.6. The van der Waals surface area contributed by atoms with Crippen LogP contribution in [-0.2, 0) is 41.4 Å². The van der Waals surface area contributed by atoms with Crippen molar-refractivity contribution in [2.45, 2.75) is 138 Å². The van der Waals surface area contributed by atoms with Crippen LogP contribution in [0, 0.1) is 29.1 Å². The zero-order valence-electron chi connectivity index (χ0n) is 36.5. The first-order valence-corrected chi connectivity index (χ1v) is 20.0. The van der Waals surface area contributed by atoms with Gasteiger partial charge in [-0.2, -0.15) is 5.26 Å². The van der Waals surface area contributed by atoms with Gasteiger partial charge in [-0.05, 0) is 163 Å². The number of rotatable bonds is 13. The van der Waals surface area contributed by atoms with Crippen LogP contribution in [0.3, 0.4) is 0 Å². The molecule has 1 heterocycles. The Labute approximate surface area is 340 Å². The molecule has 0 aliphatic carbocycles. The Morgan fingerprint density at radius 1 is 0.825 bits per heavy atom. The number of hydrogen-bond acceptors (Lipinski definition) is 10. The van der Waals surface area contributed by atoms with E-state index >= 15 is 0 Å². The van der Waals surface area contributed by atoms with Gasteiger partial charge in [0.1, 0.15) is 22.4 Å². The summed E-state index contributed by atoms with van der Waals surface area (Å²) in [6, 6.07) is 15.3. The molecule has 12 heteroatoms. The number of benzene rings is 2. The zero-order valence-corrected chi connectivity index (χ0v) is 36.5. The second kappa shape index (κ2) is 19.1. The highest BCUT2D eigenvalue weighted by Crippen LogP contribution is 2.34. The molecule has 1 N–H and O–H groups in total. The Balaban J connectivity index is 1.87. The topological polar surface area (TPSA) is 148 Å². The van der Waals surface area contributed by atoms with E-state index in [1.807, 2.05) is 113 Å². The molecule has 3 atom stereocenters. The molecule has 0 aromatic heterocycles. The third kappa shape index (κ3) is 16.3. The molecular weight excluding hydrogens is 725 g/mol. The van der Waals surface area contributed by atoms with Crippen molar-refractivity contribution >= 4 is 35.5 Å². The highest BCUT2D eigenvalue weighted by atomic mass is 16.6. The molecule has 0 bridgehead atoms. The Hall–Kier alpha value is -4.79. The number of nitriles is 1. The molecule has 314 valence electrons. The summed E-state index contributed by atoms with van der Waals surface area (Å²) in [6.07, 6.45) is 1.53. The number of carbonyl (C=O) groups excluding carboxylic acids is 4. The fraction of sp³-hybridized carbons (Fsp3) is 0.622. The van der Waals surface area contributed by atoms with Crippen molar-refractivity contribution in [2.75, 3.05) is 32.0 Å². The van der Waals surface area contributed by atoms with Gasteiger partial charge in [0.15, 0.2) is 0 Å². The van der Waals surface area contributed by atoms with Crippen LogP contribution in [0.2, 0.25) is 0 Å². The summed E-state index contributed by atoms with van der Waals surface area (Å²) < 4.78 is 22.9. The van der Waals surface area contributed by atoms with Crippen LogP contribution >= 0.6 is 0 Å². The molecule has 12 nitrogen and oxygen atoms in total. The van der Waals surface area contributed by atoms with E-state index in [-0.39, 0.29) is 24.3 Å². The normalized spacial score (nSPS) is 15.9. The van der Waals surface area contributed by atoms with Crippen molar-refractivity contribution in [3.05, 3.63) is 59.2 Å². The predicted octanol–water partition coefficient (Wildman–Crippen LogP) is 9.21. The maximum atomic E-state index is 13.9. The van der Waals surface area contributed by atoms with Gasteiger partial charge in [0.05, 0.1) is 23.5 Å². The van der Waals surface area contributed by atoms with Crippen molar-refractivity contribution in [1.82, 2.24) is 9.80 Å². The van der Waals surface area contributed by atoms with Crippen molar-refractivity contribution in [2.24, 2.45) is 17.8 Å². The van der Waals surface area contributed by atoms with E-state index in [2.05, 4.69) is 11.4 Å². The maximum absolute atomic E-state index is 13.9. The molecule has 57 heavy (non-hydrogen) atoms. The quantitative estimate of drug-likeness (QED) is 0.154. The lowest BCUT2D eigenvalue weighted by atomic mass is 9.85. The zero-order chi connectivity index (χ0) is 42.9. The Morgan fingerprint density at radius 3 is 2.04 bits per heavy atom. The minimum absolute atomic E-state index is 0.192. The van der Waals surface area contributed by atoms with Crippen LogP contribution in [0.15, 0.2) is 42.5 Å². The molecular formula is C45H66N4O8. The molecule has 0 spiro atoms. The van der Waals surface area contributed by atoms with Gasteiger partial charge in [-0.3, -0.25) is 9.59 Å². The second-order valence-corrected chi connectivity index (χ2v) is 19.1. The summed E-state index contributed by atoms with van der Waals surface area (Å²) in [5.41, 5.74) is 0.953. The van der Waals surface area contributed by atoms with Gasteiger partial charge in [0, 0.05) is 38.1 Å². The van der Waals surface area contributed by atoms with Crippen LogP contribution in [0.25, 0.3) is 0 Å². The predicted molar refractivity (Wildman–Crippen MR) is 221 cm³/mol. The number of hydrogen-bond donors (Lipinski definition) is 1. The molecule has 3 rings (SSSR count). The largest absolute Gasteiger partial charge is 0.460 e. The lowest BCUT2D eigenvalue weighted by molar-refractivity contribution is -0.162. The average molecular weight is 791 g/mol. The summed E-state index contributed by atoms with van der Waals surface area (Å²) >= 11 is 0. The molecule has 1 saturated heterocycles. The first kappa shape index (κ1) is 46.6. The van der Waals surface area contributed by atoms with Gasteiger partial charge >= 0.3 is 24.1 Å². The lowest BCUT2D eigenvalue weighted by Gasteiger charge is -2.28. The van der Waals surface area contributed by atoms with Crippen molar-refractivity contribution in [3.63, 3.8) is 0 Å². The summed E-state index contributed by atoms with van der Waals surface area (Å²) in [7, 11) is 1.69. The van der Waals surface area contributed by atoms with E-state index in [1.54, 1.807) is 24.1 Å². The minimum Gasteiger partial charge on any atom is -0.460 e. The number of likely N-dealkylation sites (tertiary alicyclic amines) is 1. The SMILES string of the molecule is CN(CCCC(Cc1cccc(Nc2ccc(C#N)cc2CC(C(=O)OC(C)(C)C)C2CCN(C(=O)OC(C)(C)C)C2)c1)C(=O)OC(C)(C)C)C(=O)OC(C)(C)C. The number of nitrogens with zero attached hydrogens (tertiary/aromatic N) is 3. The third-order valence-corrected chi connectivity index (χ3v) is 9.01. The number of anilines is 2. The smallest absolute Gasteiger partial charge is 0.410 e. The fourth-order valence-electron chi connectivity index (χ4n) is 6.53. The van der Waals surface area contributed by atoms with Gasteiger partial charge in [-0.1, -0.05) is 12.1 Å². The molecule has 3 unspecified atom stereocenters. The summed E-state index contributed by atoms with van der Waals surface area (Å²) in [5, 5.41) is 13.4. The van der Waals surface area contributed by atoms with Gasteiger partial charge < -0.3 is 34.1 Å².